The number of benzene rings is 2. The fourth-order valence-corrected chi connectivity index (χ4v) is 6.46. The molecule has 0 N–H and O–H groups in total. The molecule has 0 saturated heterocycles. The summed E-state index contributed by atoms with van der Waals surface area (Å²) in [5.74, 6) is 1.39. The summed E-state index contributed by atoms with van der Waals surface area (Å²) >= 11 is 0. The highest BCUT2D eigenvalue weighted by Gasteiger charge is 2.30. The molecule has 2 aliphatic carbocycles. The summed E-state index contributed by atoms with van der Waals surface area (Å²) in [5.41, 5.74) is 4.08. The molecule has 1 atom stereocenters. The minimum absolute atomic E-state index is 0.00726. The Morgan fingerprint density at radius 3 is 2.41 bits per heavy atom. The van der Waals surface area contributed by atoms with Crippen LogP contribution < -0.4 is 0 Å². The van der Waals surface area contributed by atoms with Crippen molar-refractivity contribution in [2.24, 2.45) is 22.7 Å². The molecule has 7 heteroatoms. The maximum atomic E-state index is 12.9. The molecule has 0 bridgehead atoms. The minimum atomic E-state index is -4.37. The van der Waals surface area contributed by atoms with Crippen molar-refractivity contribution in [1.29, 1.82) is 0 Å². The van der Waals surface area contributed by atoms with E-state index in [-0.39, 0.29) is 24.3 Å². The van der Waals surface area contributed by atoms with Crippen molar-refractivity contribution >= 4 is 23.7 Å². The minimum Gasteiger partial charge on any atom is -0.461 e. The number of carbonyl (C=O) groups excluding carboxylic acids is 2. The van der Waals surface area contributed by atoms with E-state index < -0.39 is 11.7 Å². The third-order valence-electron chi connectivity index (χ3n) is 9.21. The van der Waals surface area contributed by atoms with Gasteiger partial charge in [0.1, 0.15) is 6.61 Å². The second-order valence-electron chi connectivity index (χ2n) is 12.6. The molecule has 2 aromatic carbocycles. The van der Waals surface area contributed by atoms with E-state index in [9.17, 15) is 22.8 Å². The van der Waals surface area contributed by atoms with E-state index in [2.05, 4.69) is 11.1 Å². The van der Waals surface area contributed by atoms with Gasteiger partial charge in [-0.05, 0) is 125 Å². The third kappa shape index (κ3) is 10.4. The van der Waals surface area contributed by atoms with Crippen molar-refractivity contribution in [3.63, 3.8) is 0 Å². The number of hydrogen-bond donors (Lipinski definition) is 0. The van der Waals surface area contributed by atoms with E-state index >= 15 is 0 Å². The number of carbonyl (C=O) groups is 2. The Labute approximate surface area is 260 Å². The number of halogens is 3. The molecule has 1 unspecified atom stereocenters. The molecule has 2 aliphatic rings. The predicted molar refractivity (Wildman–Crippen MR) is 169 cm³/mol. The molecule has 0 spiro atoms. The van der Waals surface area contributed by atoms with Gasteiger partial charge in [-0.25, -0.2) is 0 Å². The van der Waals surface area contributed by atoms with Crippen LogP contribution in [-0.4, -0.2) is 18.0 Å². The summed E-state index contributed by atoms with van der Waals surface area (Å²) in [5, 5.41) is 0. The Morgan fingerprint density at radius 1 is 0.955 bits per heavy atom. The molecule has 0 radical (unpaired) electrons. The van der Waals surface area contributed by atoms with E-state index in [1.165, 1.54) is 30.5 Å². The number of allylic oxidation sites excluding steroid dienone is 2. The van der Waals surface area contributed by atoms with Crippen molar-refractivity contribution in [1.82, 2.24) is 0 Å². The molecule has 2 saturated carbocycles. The standard InChI is InChI=1S/C37H46F3NO3/c1-3-21-41-34-24-32(17-7-26(34)2)35(42)20-16-27-8-10-30(11-9-27)22-28-5-4-6-29(13-12-28)23-36(43)44-25-31-14-18-33(19-15-31)37(38,39)40/h7,14-15,17-19,21-22,24,27,29-30H,3-6,8-13,16,20,23,25H2,1-2H3/b28-22-,41-21?. The van der Waals surface area contributed by atoms with Crippen LogP contribution in [0.25, 0.3) is 0 Å². The second kappa shape index (κ2) is 16.2. The number of ether oxygens (including phenoxy) is 1. The van der Waals surface area contributed by atoms with Crippen LogP contribution in [0.15, 0.2) is 59.1 Å². The van der Waals surface area contributed by atoms with Crippen molar-refractivity contribution in [2.45, 2.75) is 110 Å². The van der Waals surface area contributed by atoms with Crippen molar-refractivity contribution in [3.05, 3.63) is 76.4 Å². The van der Waals surface area contributed by atoms with E-state index in [4.69, 9.17) is 4.74 Å². The van der Waals surface area contributed by atoms with Crippen LogP contribution in [0.1, 0.15) is 117 Å². The predicted octanol–water partition coefficient (Wildman–Crippen LogP) is 10.5. The van der Waals surface area contributed by atoms with E-state index in [1.807, 2.05) is 38.3 Å². The lowest BCUT2D eigenvalue weighted by molar-refractivity contribution is -0.146. The van der Waals surface area contributed by atoms with Crippen LogP contribution in [0.4, 0.5) is 18.9 Å². The first kappa shape index (κ1) is 33.7. The maximum Gasteiger partial charge on any atom is 0.416 e. The van der Waals surface area contributed by atoms with Crippen molar-refractivity contribution < 1.29 is 27.5 Å². The van der Waals surface area contributed by atoms with Crippen LogP contribution in [0.5, 0.6) is 0 Å². The number of rotatable bonds is 11. The molecular weight excluding hydrogens is 563 g/mol. The Kier molecular flexibility index (Phi) is 12.4. The molecule has 4 nitrogen and oxygen atoms in total. The van der Waals surface area contributed by atoms with Gasteiger partial charge in [-0.3, -0.25) is 14.6 Å². The normalized spacial score (nSPS) is 22.2. The summed E-state index contributed by atoms with van der Waals surface area (Å²) < 4.78 is 43.6. The van der Waals surface area contributed by atoms with E-state index in [0.29, 0.717) is 30.2 Å². The van der Waals surface area contributed by atoms with Gasteiger partial charge < -0.3 is 4.74 Å². The smallest absolute Gasteiger partial charge is 0.416 e. The molecule has 44 heavy (non-hydrogen) atoms. The fraction of sp³-hybridized carbons (Fsp3) is 0.541. The molecule has 0 amide bonds. The highest BCUT2D eigenvalue weighted by Crippen LogP contribution is 2.36. The van der Waals surface area contributed by atoms with Crippen LogP contribution in [0.2, 0.25) is 0 Å². The molecule has 2 fully saturated rings. The van der Waals surface area contributed by atoms with Gasteiger partial charge in [-0.1, -0.05) is 42.8 Å². The summed E-state index contributed by atoms with van der Waals surface area (Å²) in [6.07, 6.45) is 12.5. The Hall–Kier alpha value is -3.22. The molecule has 2 aromatic rings. The average Bonchev–Trinajstić information content (AvgIpc) is 3.23. The Balaban J connectivity index is 1.15. The number of Topliss-reactive ketones (excluding diaryl/α,β-unsaturated/α-hetero) is 1. The van der Waals surface area contributed by atoms with Crippen molar-refractivity contribution in [2.75, 3.05) is 0 Å². The highest BCUT2D eigenvalue weighted by atomic mass is 19.4. The zero-order valence-electron chi connectivity index (χ0n) is 26.1. The molecule has 238 valence electrons. The zero-order valence-corrected chi connectivity index (χ0v) is 26.1. The van der Waals surface area contributed by atoms with Gasteiger partial charge in [0.15, 0.2) is 5.78 Å². The van der Waals surface area contributed by atoms with E-state index in [1.54, 1.807) is 0 Å². The molecule has 0 aliphatic heterocycles. The molecule has 0 heterocycles. The highest BCUT2D eigenvalue weighted by molar-refractivity contribution is 5.97. The number of esters is 1. The number of nitrogens with zero attached hydrogens (tertiary/aromatic N) is 1. The van der Waals surface area contributed by atoms with Gasteiger partial charge in [-0.2, -0.15) is 13.2 Å². The first-order chi connectivity index (χ1) is 21.1. The number of aryl methyl sites for hydroxylation is 1. The van der Waals surface area contributed by atoms with Crippen LogP contribution >= 0.6 is 0 Å². The van der Waals surface area contributed by atoms with Crippen LogP contribution in [-0.2, 0) is 22.3 Å². The lowest BCUT2D eigenvalue weighted by Gasteiger charge is -2.27. The summed E-state index contributed by atoms with van der Waals surface area (Å²) in [7, 11) is 0. The van der Waals surface area contributed by atoms with Gasteiger partial charge in [0, 0.05) is 24.6 Å². The second-order valence-corrected chi connectivity index (χ2v) is 12.6. The Morgan fingerprint density at radius 2 is 1.70 bits per heavy atom. The average molecular weight is 610 g/mol. The maximum absolute atomic E-state index is 12.9. The first-order valence-electron chi connectivity index (χ1n) is 16.3. The lowest BCUT2D eigenvalue weighted by atomic mass is 9.78. The van der Waals surface area contributed by atoms with Gasteiger partial charge >= 0.3 is 12.1 Å². The number of alkyl halides is 3. The molecule has 4 rings (SSSR count). The fourth-order valence-electron chi connectivity index (χ4n) is 6.46. The monoisotopic (exact) mass is 609 g/mol. The van der Waals surface area contributed by atoms with E-state index in [0.717, 1.165) is 86.7 Å². The van der Waals surface area contributed by atoms with Gasteiger partial charge in [0.2, 0.25) is 0 Å². The molecular formula is C37H46F3NO3. The summed E-state index contributed by atoms with van der Waals surface area (Å²) in [6, 6.07) is 10.6. The lowest BCUT2D eigenvalue weighted by Crippen LogP contribution is -2.15. The van der Waals surface area contributed by atoms with Crippen LogP contribution in [0, 0.1) is 24.7 Å². The largest absolute Gasteiger partial charge is 0.461 e. The van der Waals surface area contributed by atoms with Crippen molar-refractivity contribution in [3.8, 4) is 0 Å². The van der Waals surface area contributed by atoms with Gasteiger partial charge in [-0.15, -0.1) is 0 Å². The summed E-state index contributed by atoms with van der Waals surface area (Å²) in [6.45, 7) is 4.06. The first-order valence-corrected chi connectivity index (χ1v) is 16.3. The Bertz CT molecular complexity index is 1300. The number of hydrogen-bond acceptors (Lipinski definition) is 4. The zero-order chi connectivity index (χ0) is 31.5. The SMILES string of the molecule is CCC=Nc1cc(C(=O)CCC2CCC(/C=C3/CCCC(CC(=O)OCc4ccc(C(F)(F)F)cc4)CC3)CC2)ccc1C. The topological polar surface area (TPSA) is 55.7 Å². The number of aliphatic imine (C=N–C) groups is 1. The molecule has 0 aromatic heterocycles. The van der Waals surface area contributed by atoms with Gasteiger partial charge in [0.05, 0.1) is 11.3 Å². The van der Waals surface area contributed by atoms with Crippen LogP contribution in [0.3, 0.4) is 0 Å². The third-order valence-corrected chi connectivity index (χ3v) is 9.21. The van der Waals surface area contributed by atoms with Gasteiger partial charge in [0.25, 0.3) is 0 Å². The summed E-state index contributed by atoms with van der Waals surface area (Å²) in [4.78, 5) is 29.8. The quantitative estimate of drug-likeness (QED) is 0.0837. The number of ketones is 1.